The average molecular weight is 267 g/mol. The van der Waals surface area contributed by atoms with E-state index in [1.54, 1.807) is 6.92 Å². The summed E-state index contributed by atoms with van der Waals surface area (Å²) in [5.41, 5.74) is 0.801. The quantitative estimate of drug-likeness (QED) is 0.870. The Kier molecular flexibility index (Phi) is 3.80. The number of hydrogen-bond donors (Lipinski definition) is 1. The predicted molar refractivity (Wildman–Crippen MR) is 64.4 cm³/mol. The van der Waals surface area contributed by atoms with Gasteiger partial charge in [0.1, 0.15) is 5.82 Å². The van der Waals surface area contributed by atoms with Gasteiger partial charge in [-0.3, -0.25) is 4.79 Å². The number of rotatable bonds is 2. The Labute approximate surface area is 109 Å². The summed E-state index contributed by atoms with van der Waals surface area (Å²) in [5, 5.41) is 9.08. The number of carbonyl (C=O) groups excluding carboxylic acids is 1. The largest absolute Gasteiger partial charge is 0.480 e. The summed E-state index contributed by atoms with van der Waals surface area (Å²) in [6.07, 6.45) is 0. The molecule has 0 aliphatic carbocycles. The molecule has 0 unspecified atom stereocenters. The van der Waals surface area contributed by atoms with Crippen LogP contribution in [-0.4, -0.2) is 47.7 Å². The maximum atomic E-state index is 13.0. The molecule has 102 valence electrons. The molecular weight excluding hydrogens is 253 g/mol. The molecule has 6 heteroatoms. The van der Waals surface area contributed by atoms with Gasteiger partial charge in [-0.25, -0.2) is 9.18 Å². The molecule has 0 radical (unpaired) electrons. The highest BCUT2D eigenvalue weighted by Gasteiger charge is 2.33. The van der Waals surface area contributed by atoms with E-state index < -0.39 is 23.7 Å². The summed E-state index contributed by atoms with van der Waals surface area (Å²) < 4.78 is 18.1. The molecule has 1 aliphatic rings. The Hall–Kier alpha value is -1.95. The van der Waals surface area contributed by atoms with E-state index in [-0.39, 0.29) is 13.2 Å². The van der Waals surface area contributed by atoms with Crippen LogP contribution in [0.2, 0.25) is 0 Å². The van der Waals surface area contributed by atoms with E-state index in [0.29, 0.717) is 17.7 Å². The highest BCUT2D eigenvalue weighted by molar-refractivity contribution is 5.98. The average Bonchev–Trinajstić information content (AvgIpc) is 2.38. The second-order valence-electron chi connectivity index (χ2n) is 4.39. The zero-order valence-electron chi connectivity index (χ0n) is 10.4. The lowest BCUT2D eigenvalue weighted by molar-refractivity contribution is -0.147. The number of carbonyl (C=O) groups is 2. The second-order valence-corrected chi connectivity index (χ2v) is 4.39. The number of amides is 1. The summed E-state index contributed by atoms with van der Waals surface area (Å²) in [4.78, 5) is 24.7. The Morgan fingerprint density at radius 2 is 2.21 bits per heavy atom. The minimum atomic E-state index is -1.10. The fourth-order valence-electron chi connectivity index (χ4n) is 2.07. The number of aryl methyl sites for hydroxylation is 1. The molecule has 1 aliphatic heterocycles. The highest BCUT2D eigenvalue weighted by atomic mass is 19.1. The lowest BCUT2D eigenvalue weighted by Gasteiger charge is -2.33. The van der Waals surface area contributed by atoms with Gasteiger partial charge in [0, 0.05) is 12.1 Å². The number of hydrogen-bond acceptors (Lipinski definition) is 3. The summed E-state index contributed by atoms with van der Waals surface area (Å²) in [7, 11) is 0. The molecule has 1 saturated heterocycles. The smallest absolute Gasteiger partial charge is 0.328 e. The maximum Gasteiger partial charge on any atom is 0.328 e. The van der Waals surface area contributed by atoms with Crippen LogP contribution in [0.1, 0.15) is 15.9 Å². The van der Waals surface area contributed by atoms with Gasteiger partial charge in [-0.1, -0.05) is 0 Å². The van der Waals surface area contributed by atoms with Crippen molar-refractivity contribution in [1.29, 1.82) is 0 Å². The van der Waals surface area contributed by atoms with E-state index in [2.05, 4.69) is 0 Å². The number of halogens is 1. The minimum Gasteiger partial charge on any atom is -0.480 e. The highest BCUT2D eigenvalue weighted by Crippen LogP contribution is 2.17. The van der Waals surface area contributed by atoms with Crippen molar-refractivity contribution in [1.82, 2.24) is 4.90 Å². The molecule has 0 saturated carbocycles. The van der Waals surface area contributed by atoms with Crippen molar-refractivity contribution in [3.05, 3.63) is 35.1 Å². The SMILES string of the molecule is Cc1cc(F)ccc1C(=O)N1CCOC[C@H]1C(=O)O. The van der Waals surface area contributed by atoms with Crippen molar-refractivity contribution in [3.63, 3.8) is 0 Å². The molecule has 1 atom stereocenters. The Morgan fingerprint density at radius 1 is 1.47 bits per heavy atom. The van der Waals surface area contributed by atoms with Gasteiger partial charge in [-0.05, 0) is 30.7 Å². The zero-order chi connectivity index (χ0) is 14.0. The molecule has 1 aromatic rings. The van der Waals surface area contributed by atoms with E-state index >= 15 is 0 Å². The van der Waals surface area contributed by atoms with Gasteiger partial charge in [-0.15, -0.1) is 0 Å². The van der Waals surface area contributed by atoms with Gasteiger partial charge < -0.3 is 14.7 Å². The van der Waals surface area contributed by atoms with E-state index in [4.69, 9.17) is 9.84 Å². The fraction of sp³-hybridized carbons (Fsp3) is 0.385. The van der Waals surface area contributed by atoms with Crippen molar-refractivity contribution in [2.75, 3.05) is 19.8 Å². The van der Waals surface area contributed by atoms with Crippen molar-refractivity contribution < 1.29 is 23.8 Å². The minimum absolute atomic E-state index is 0.0265. The molecule has 1 amide bonds. The van der Waals surface area contributed by atoms with Gasteiger partial charge >= 0.3 is 5.97 Å². The number of benzene rings is 1. The number of carboxylic acid groups (broad SMARTS) is 1. The van der Waals surface area contributed by atoms with Crippen LogP contribution in [0.5, 0.6) is 0 Å². The number of aliphatic carboxylic acids is 1. The van der Waals surface area contributed by atoms with Crippen LogP contribution in [0.3, 0.4) is 0 Å². The molecule has 1 heterocycles. The topological polar surface area (TPSA) is 66.8 Å². The number of nitrogens with zero attached hydrogens (tertiary/aromatic N) is 1. The summed E-state index contributed by atoms with van der Waals surface area (Å²) >= 11 is 0. The standard InChI is InChI=1S/C13H14FNO4/c1-8-6-9(14)2-3-10(8)12(16)15-4-5-19-7-11(15)13(17)18/h2-3,6,11H,4-5,7H2,1H3,(H,17,18)/t11-/m0/s1. The lowest BCUT2D eigenvalue weighted by atomic mass is 10.1. The Morgan fingerprint density at radius 3 is 2.84 bits per heavy atom. The third-order valence-corrected chi connectivity index (χ3v) is 3.09. The lowest BCUT2D eigenvalue weighted by Crippen LogP contribution is -2.52. The second kappa shape index (κ2) is 5.36. The zero-order valence-corrected chi connectivity index (χ0v) is 10.4. The van der Waals surface area contributed by atoms with Gasteiger partial charge in [-0.2, -0.15) is 0 Å². The monoisotopic (exact) mass is 267 g/mol. The van der Waals surface area contributed by atoms with E-state index in [0.717, 1.165) is 0 Å². The third kappa shape index (κ3) is 2.73. The number of morpholine rings is 1. The van der Waals surface area contributed by atoms with Crippen LogP contribution >= 0.6 is 0 Å². The summed E-state index contributed by atoms with van der Waals surface area (Å²) in [6, 6.07) is 2.83. The van der Waals surface area contributed by atoms with Crippen LogP contribution in [0, 0.1) is 12.7 Å². The first-order chi connectivity index (χ1) is 9.00. The van der Waals surface area contributed by atoms with Crippen LogP contribution in [-0.2, 0) is 9.53 Å². The van der Waals surface area contributed by atoms with E-state index in [9.17, 15) is 14.0 Å². The molecule has 5 nitrogen and oxygen atoms in total. The fourth-order valence-corrected chi connectivity index (χ4v) is 2.07. The van der Waals surface area contributed by atoms with Gasteiger partial charge in [0.15, 0.2) is 6.04 Å². The summed E-state index contributed by atoms with van der Waals surface area (Å²) in [5.74, 6) is -1.94. The van der Waals surface area contributed by atoms with Crippen LogP contribution in [0.4, 0.5) is 4.39 Å². The molecular formula is C13H14FNO4. The van der Waals surface area contributed by atoms with Crippen LogP contribution in [0.25, 0.3) is 0 Å². The summed E-state index contributed by atoms with van der Waals surface area (Å²) in [6.45, 7) is 2.11. The molecule has 0 bridgehead atoms. The first-order valence-electron chi connectivity index (χ1n) is 5.88. The normalized spacial score (nSPS) is 19.3. The van der Waals surface area contributed by atoms with Crippen molar-refractivity contribution in [2.24, 2.45) is 0 Å². The van der Waals surface area contributed by atoms with Crippen molar-refractivity contribution in [3.8, 4) is 0 Å². The Balaban J connectivity index is 2.28. The first kappa shape index (κ1) is 13.5. The molecule has 1 aromatic carbocycles. The van der Waals surface area contributed by atoms with Crippen molar-refractivity contribution in [2.45, 2.75) is 13.0 Å². The van der Waals surface area contributed by atoms with Gasteiger partial charge in [0.05, 0.1) is 13.2 Å². The maximum absolute atomic E-state index is 13.0. The number of ether oxygens (including phenoxy) is 1. The van der Waals surface area contributed by atoms with Crippen molar-refractivity contribution >= 4 is 11.9 Å². The Bertz CT molecular complexity index is 517. The third-order valence-electron chi connectivity index (χ3n) is 3.09. The van der Waals surface area contributed by atoms with Gasteiger partial charge in [0.25, 0.3) is 5.91 Å². The molecule has 0 aromatic heterocycles. The van der Waals surface area contributed by atoms with Gasteiger partial charge in [0.2, 0.25) is 0 Å². The van der Waals surface area contributed by atoms with Crippen LogP contribution in [0.15, 0.2) is 18.2 Å². The molecule has 1 fully saturated rings. The molecule has 19 heavy (non-hydrogen) atoms. The molecule has 0 spiro atoms. The van der Waals surface area contributed by atoms with Crippen LogP contribution < -0.4 is 0 Å². The van der Waals surface area contributed by atoms with E-state index in [1.165, 1.54) is 23.1 Å². The van der Waals surface area contributed by atoms with E-state index in [1.807, 2.05) is 0 Å². The molecule has 1 N–H and O–H groups in total. The molecule has 2 rings (SSSR count). The first-order valence-corrected chi connectivity index (χ1v) is 5.88. The predicted octanol–water partition coefficient (Wildman–Crippen LogP) is 1.06. The number of carboxylic acids is 1.